The third kappa shape index (κ3) is 2.80. The van der Waals surface area contributed by atoms with Crippen molar-refractivity contribution in [2.24, 2.45) is 5.92 Å². The molecule has 0 bridgehead atoms. The highest BCUT2D eigenvalue weighted by molar-refractivity contribution is 7.19. The van der Waals surface area contributed by atoms with E-state index < -0.39 is 0 Å². The van der Waals surface area contributed by atoms with Gasteiger partial charge in [-0.1, -0.05) is 0 Å². The number of nitrogens with zero attached hydrogens (tertiary/aromatic N) is 3. The van der Waals surface area contributed by atoms with E-state index in [4.69, 9.17) is 0 Å². The van der Waals surface area contributed by atoms with E-state index in [-0.39, 0.29) is 12.5 Å². The Kier molecular flexibility index (Phi) is 4.45. The molecule has 2 aliphatic carbocycles. The summed E-state index contributed by atoms with van der Waals surface area (Å²) in [6, 6.07) is 0.859. The molecule has 6 heteroatoms. The zero-order chi connectivity index (χ0) is 16.7. The molecule has 0 spiro atoms. The first-order valence-electron chi connectivity index (χ1n) is 8.96. The monoisotopic (exact) mass is 346 g/mol. The summed E-state index contributed by atoms with van der Waals surface area (Å²) < 4.78 is 0. The van der Waals surface area contributed by atoms with Gasteiger partial charge in [-0.2, -0.15) is 0 Å². The van der Waals surface area contributed by atoms with Crippen molar-refractivity contribution in [1.82, 2.24) is 14.9 Å². The lowest BCUT2D eigenvalue weighted by atomic mass is 9.81. The van der Waals surface area contributed by atoms with Crippen molar-refractivity contribution in [2.75, 3.05) is 26.0 Å². The molecule has 0 aliphatic heterocycles. The van der Waals surface area contributed by atoms with Gasteiger partial charge in [0.05, 0.1) is 5.39 Å². The average molecular weight is 347 g/mol. The summed E-state index contributed by atoms with van der Waals surface area (Å²) in [6.07, 6.45) is 8.53. The van der Waals surface area contributed by atoms with Crippen LogP contribution in [0.2, 0.25) is 0 Å². The molecular formula is C18H26N4OS. The predicted molar refractivity (Wildman–Crippen MR) is 98.8 cm³/mol. The third-order valence-electron chi connectivity index (χ3n) is 5.74. The highest BCUT2D eigenvalue weighted by atomic mass is 32.1. The molecule has 0 aromatic carbocycles. The molecular weight excluding hydrogens is 320 g/mol. The second-order valence-electron chi connectivity index (χ2n) is 7.38. The molecule has 5 nitrogen and oxygen atoms in total. The van der Waals surface area contributed by atoms with E-state index in [1.54, 1.807) is 6.33 Å². The van der Waals surface area contributed by atoms with Crippen LogP contribution in [0.25, 0.3) is 10.2 Å². The van der Waals surface area contributed by atoms with E-state index in [0.29, 0.717) is 12.1 Å². The molecule has 4 rings (SSSR count). The van der Waals surface area contributed by atoms with Crippen molar-refractivity contribution < 1.29 is 5.11 Å². The molecule has 1 fully saturated rings. The quantitative estimate of drug-likeness (QED) is 0.891. The molecule has 2 N–H and O–H groups in total. The molecule has 0 saturated heterocycles. The highest BCUT2D eigenvalue weighted by Gasteiger charge is 2.32. The van der Waals surface area contributed by atoms with Crippen molar-refractivity contribution >= 4 is 27.4 Å². The van der Waals surface area contributed by atoms with Gasteiger partial charge < -0.3 is 15.3 Å². The molecule has 2 aromatic heterocycles. The summed E-state index contributed by atoms with van der Waals surface area (Å²) in [7, 11) is 4.27. The van der Waals surface area contributed by atoms with Gasteiger partial charge in [0.2, 0.25) is 0 Å². The molecule has 24 heavy (non-hydrogen) atoms. The van der Waals surface area contributed by atoms with Gasteiger partial charge in [0.15, 0.2) is 0 Å². The SMILES string of the molecule is CN(C)[C@H]1CC[C@@H](Nc2ncnc3sc4c(c23)CCC4)[C@@H](CO)C1. The van der Waals surface area contributed by atoms with Gasteiger partial charge in [-0.25, -0.2) is 9.97 Å². The van der Waals surface area contributed by atoms with Crippen LogP contribution in [0.4, 0.5) is 5.82 Å². The van der Waals surface area contributed by atoms with Crippen LogP contribution in [0, 0.1) is 5.92 Å². The Morgan fingerprint density at radius 2 is 2.17 bits per heavy atom. The highest BCUT2D eigenvalue weighted by Crippen LogP contribution is 2.40. The van der Waals surface area contributed by atoms with Crippen molar-refractivity contribution in [1.29, 1.82) is 0 Å². The minimum Gasteiger partial charge on any atom is -0.396 e. The number of fused-ring (bicyclic) bond motifs is 3. The minimum atomic E-state index is 0.234. The van der Waals surface area contributed by atoms with Crippen LogP contribution >= 0.6 is 11.3 Å². The maximum Gasteiger partial charge on any atom is 0.138 e. The van der Waals surface area contributed by atoms with Crippen LogP contribution in [0.1, 0.15) is 36.1 Å². The molecule has 2 heterocycles. The zero-order valence-electron chi connectivity index (χ0n) is 14.5. The van der Waals surface area contributed by atoms with Crippen LogP contribution < -0.4 is 5.32 Å². The van der Waals surface area contributed by atoms with E-state index in [9.17, 15) is 5.11 Å². The number of anilines is 1. The number of aromatic nitrogens is 2. The van der Waals surface area contributed by atoms with Crippen molar-refractivity contribution in [2.45, 2.75) is 50.6 Å². The largest absolute Gasteiger partial charge is 0.396 e. The summed E-state index contributed by atoms with van der Waals surface area (Å²) in [5.74, 6) is 1.26. The Labute approximate surface area is 147 Å². The Bertz CT molecular complexity index is 729. The summed E-state index contributed by atoms with van der Waals surface area (Å²) in [6.45, 7) is 0.234. The third-order valence-corrected chi connectivity index (χ3v) is 6.94. The zero-order valence-corrected chi connectivity index (χ0v) is 15.3. The van der Waals surface area contributed by atoms with E-state index in [0.717, 1.165) is 36.3 Å². The van der Waals surface area contributed by atoms with Crippen molar-refractivity contribution in [3.8, 4) is 0 Å². The smallest absolute Gasteiger partial charge is 0.138 e. The van der Waals surface area contributed by atoms with Gasteiger partial charge in [-0.3, -0.25) is 0 Å². The van der Waals surface area contributed by atoms with Gasteiger partial charge in [0, 0.05) is 29.5 Å². The number of rotatable bonds is 4. The molecule has 0 amide bonds. The lowest BCUT2D eigenvalue weighted by Gasteiger charge is -2.38. The minimum absolute atomic E-state index is 0.234. The molecule has 3 atom stereocenters. The van der Waals surface area contributed by atoms with Gasteiger partial charge in [0.25, 0.3) is 0 Å². The van der Waals surface area contributed by atoms with Crippen molar-refractivity contribution in [3.63, 3.8) is 0 Å². The van der Waals surface area contributed by atoms with Crippen LogP contribution in [-0.4, -0.2) is 52.8 Å². The molecule has 0 radical (unpaired) electrons. The second kappa shape index (κ2) is 6.58. The van der Waals surface area contributed by atoms with Gasteiger partial charge in [-0.05, 0) is 58.2 Å². The first-order valence-corrected chi connectivity index (χ1v) is 9.78. The average Bonchev–Trinajstić information content (AvgIpc) is 3.16. The molecule has 1 saturated carbocycles. The van der Waals surface area contributed by atoms with Gasteiger partial charge in [0.1, 0.15) is 17.0 Å². The summed E-state index contributed by atoms with van der Waals surface area (Å²) in [4.78, 5) is 13.9. The lowest BCUT2D eigenvalue weighted by Crippen LogP contribution is -2.43. The standard InChI is InChI=1S/C18H26N4OS/c1-22(2)12-6-7-14(11(8-12)9-23)21-17-16-13-4-3-5-15(13)24-18(16)20-10-19-17/h10-12,14,23H,3-9H2,1-2H3,(H,19,20,21)/t11-,12+,14-/m1/s1. The number of hydrogen-bond acceptors (Lipinski definition) is 6. The number of aliphatic hydroxyl groups is 1. The molecule has 2 aromatic rings. The Hall–Kier alpha value is -1.24. The molecule has 2 aliphatic rings. The van der Waals surface area contributed by atoms with Crippen LogP contribution in [-0.2, 0) is 12.8 Å². The fraction of sp³-hybridized carbons (Fsp3) is 0.667. The lowest BCUT2D eigenvalue weighted by molar-refractivity contribution is 0.121. The number of thiophene rings is 1. The summed E-state index contributed by atoms with van der Waals surface area (Å²) in [5, 5.41) is 14.8. The fourth-order valence-electron chi connectivity index (χ4n) is 4.31. The van der Waals surface area contributed by atoms with Crippen molar-refractivity contribution in [3.05, 3.63) is 16.8 Å². The van der Waals surface area contributed by atoms with Crippen LogP contribution in [0.15, 0.2) is 6.33 Å². The van der Waals surface area contributed by atoms with E-state index in [1.165, 1.54) is 28.7 Å². The van der Waals surface area contributed by atoms with E-state index in [2.05, 4.69) is 34.3 Å². The van der Waals surface area contributed by atoms with Gasteiger partial charge >= 0.3 is 0 Å². The number of hydrogen-bond donors (Lipinski definition) is 2. The Morgan fingerprint density at radius 3 is 2.96 bits per heavy atom. The second-order valence-corrected chi connectivity index (χ2v) is 8.47. The normalized spacial score (nSPS) is 26.9. The first-order chi connectivity index (χ1) is 11.7. The summed E-state index contributed by atoms with van der Waals surface area (Å²) >= 11 is 1.83. The summed E-state index contributed by atoms with van der Waals surface area (Å²) in [5.41, 5.74) is 1.46. The number of aryl methyl sites for hydroxylation is 2. The van der Waals surface area contributed by atoms with Crippen LogP contribution in [0.3, 0.4) is 0 Å². The Morgan fingerprint density at radius 1 is 1.29 bits per heavy atom. The molecule has 130 valence electrons. The number of aliphatic hydroxyl groups excluding tert-OH is 1. The fourth-order valence-corrected chi connectivity index (χ4v) is 5.54. The maximum atomic E-state index is 9.88. The predicted octanol–water partition coefficient (Wildman–Crippen LogP) is 2.68. The van der Waals surface area contributed by atoms with Gasteiger partial charge in [-0.15, -0.1) is 11.3 Å². The Balaban J connectivity index is 1.60. The number of nitrogens with one attached hydrogen (secondary N) is 1. The van der Waals surface area contributed by atoms with E-state index in [1.807, 2.05) is 11.3 Å². The maximum absolute atomic E-state index is 9.88. The topological polar surface area (TPSA) is 61.3 Å². The van der Waals surface area contributed by atoms with E-state index >= 15 is 0 Å². The first kappa shape index (κ1) is 16.2. The van der Waals surface area contributed by atoms with Crippen LogP contribution in [0.5, 0.6) is 0 Å². The molecule has 0 unspecified atom stereocenters.